The summed E-state index contributed by atoms with van der Waals surface area (Å²) in [6, 6.07) is 6.51. The summed E-state index contributed by atoms with van der Waals surface area (Å²) in [5, 5.41) is 9.24. The molecule has 1 heterocycles. The van der Waals surface area contributed by atoms with E-state index >= 15 is 0 Å². The highest BCUT2D eigenvalue weighted by molar-refractivity contribution is 7.89. The van der Waals surface area contributed by atoms with Crippen molar-refractivity contribution in [3.05, 3.63) is 29.3 Å². The molecule has 1 aromatic carbocycles. The van der Waals surface area contributed by atoms with Crippen LogP contribution in [0.5, 0.6) is 0 Å². The molecule has 0 aliphatic carbocycles. The molecule has 2 rings (SSSR count). The van der Waals surface area contributed by atoms with Gasteiger partial charge < -0.3 is 5.11 Å². The van der Waals surface area contributed by atoms with Crippen molar-refractivity contribution >= 4 is 21.6 Å². The van der Waals surface area contributed by atoms with E-state index in [9.17, 15) is 8.42 Å². The van der Waals surface area contributed by atoms with E-state index < -0.39 is 10.0 Å². The van der Waals surface area contributed by atoms with E-state index in [2.05, 4.69) is 0 Å². The van der Waals surface area contributed by atoms with Gasteiger partial charge in [0.1, 0.15) is 4.90 Å². The number of hydrogen-bond donors (Lipinski definition) is 1. The Morgan fingerprint density at radius 2 is 2.11 bits per heavy atom. The molecule has 1 fully saturated rings. The molecular formula is C13H18ClNO3S. The van der Waals surface area contributed by atoms with Crippen molar-refractivity contribution < 1.29 is 13.5 Å². The third kappa shape index (κ3) is 3.28. The smallest absolute Gasteiger partial charge is 0.244 e. The molecule has 1 atom stereocenters. The maximum atomic E-state index is 12.5. The fourth-order valence-electron chi connectivity index (χ4n) is 2.46. The van der Waals surface area contributed by atoms with Crippen LogP contribution in [-0.2, 0) is 10.0 Å². The third-order valence-electron chi connectivity index (χ3n) is 3.47. The van der Waals surface area contributed by atoms with Gasteiger partial charge in [-0.2, -0.15) is 4.31 Å². The summed E-state index contributed by atoms with van der Waals surface area (Å²) in [5.41, 5.74) is 0. The maximum absolute atomic E-state index is 12.5. The number of nitrogens with zero attached hydrogens (tertiary/aromatic N) is 1. The summed E-state index contributed by atoms with van der Waals surface area (Å²) < 4.78 is 26.6. The fourth-order valence-corrected chi connectivity index (χ4v) is 4.50. The number of halogens is 1. The van der Waals surface area contributed by atoms with Crippen LogP contribution >= 0.6 is 11.6 Å². The van der Waals surface area contributed by atoms with Gasteiger partial charge in [-0.25, -0.2) is 8.42 Å². The molecule has 6 heteroatoms. The topological polar surface area (TPSA) is 57.6 Å². The first-order valence-electron chi connectivity index (χ1n) is 6.41. The molecule has 0 spiro atoms. The van der Waals surface area contributed by atoms with E-state index in [1.807, 2.05) is 0 Å². The number of aliphatic hydroxyl groups is 1. The van der Waals surface area contributed by atoms with Crippen LogP contribution in [-0.4, -0.2) is 37.5 Å². The highest BCUT2D eigenvalue weighted by Crippen LogP contribution is 2.28. The van der Waals surface area contributed by atoms with E-state index in [1.54, 1.807) is 18.2 Å². The molecule has 1 saturated heterocycles. The van der Waals surface area contributed by atoms with E-state index in [4.69, 9.17) is 16.7 Å². The molecule has 0 saturated carbocycles. The molecule has 0 amide bonds. The van der Waals surface area contributed by atoms with Gasteiger partial charge in [-0.3, -0.25) is 0 Å². The maximum Gasteiger partial charge on any atom is 0.244 e. The Bertz CT molecular complexity index is 530. The summed E-state index contributed by atoms with van der Waals surface area (Å²) in [5.74, 6) is 0.232. The summed E-state index contributed by atoms with van der Waals surface area (Å²) in [7, 11) is -3.52. The molecule has 0 bridgehead atoms. The zero-order valence-corrected chi connectivity index (χ0v) is 12.2. The van der Waals surface area contributed by atoms with Gasteiger partial charge in [-0.15, -0.1) is 0 Å². The normalized spacial score (nSPS) is 21.5. The van der Waals surface area contributed by atoms with E-state index in [-0.39, 0.29) is 22.4 Å². The lowest BCUT2D eigenvalue weighted by molar-refractivity contribution is 0.203. The van der Waals surface area contributed by atoms with Gasteiger partial charge in [0.15, 0.2) is 0 Å². The second-order valence-corrected chi connectivity index (χ2v) is 7.13. The predicted octanol–water partition coefficient (Wildman–Crippen LogP) is 2.12. The summed E-state index contributed by atoms with van der Waals surface area (Å²) in [6.45, 7) is 1.09. The van der Waals surface area contributed by atoms with Gasteiger partial charge in [0.2, 0.25) is 10.0 Å². The minimum absolute atomic E-state index is 0.102. The van der Waals surface area contributed by atoms with Crippen molar-refractivity contribution in [1.29, 1.82) is 0 Å². The third-order valence-corrected chi connectivity index (χ3v) is 5.84. The SMILES string of the molecule is O=S(=O)(c1ccccc1Cl)N1CCCC(CCO)C1. The summed E-state index contributed by atoms with van der Waals surface area (Å²) >= 11 is 5.98. The molecule has 0 radical (unpaired) electrons. The highest BCUT2D eigenvalue weighted by atomic mass is 35.5. The van der Waals surface area contributed by atoms with E-state index in [0.29, 0.717) is 19.5 Å². The first-order chi connectivity index (χ1) is 9.05. The Morgan fingerprint density at radius 3 is 2.79 bits per heavy atom. The monoisotopic (exact) mass is 303 g/mol. The first kappa shape index (κ1) is 14.8. The zero-order chi connectivity index (χ0) is 13.9. The average Bonchev–Trinajstić information content (AvgIpc) is 2.40. The van der Waals surface area contributed by atoms with Crippen LogP contribution in [0.3, 0.4) is 0 Å². The Morgan fingerprint density at radius 1 is 1.37 bits per heavy atom. The molecule has 19 heavy (non-hydrogen) atoms. The van der Waals surface area contributed by atoms with Crippen LogP contribution in [0.1, 0.15) is 19.3 Å². The van der Waals surface area contributed by atoms with Crippen molar-refractivity contribution in [1.82, 2.24) is 4.31 Å². The van der Waals surface area contributed by atoms with Gasteiger partial charge in [-0.05, 0) is 37.3 Å². The molecule has 1 unspecified atom stereocenters. The average molecular weight is 304 g/mol. The predicted molar refractivity (Wildman–Crippen MR) is 74.6 cm³/mol. The van der Waals surface area contributed by atoms with Crippen molar-refractivity contribution in [3.63, 3.8) is 0 Å². The molecule has 0 aromatic heterocycles. The van der Waals surface area contributed by atoms with Crippen LogP contribution < -0.4 is 0 Å². The van der Waals surface area contributed by atoms with E-state index in [1.165, 1.54) is 10.4 Å². The summed E-state index contributed by atoms with van der Waals surface area (Å²) in [6.07, 6.45) is 2.44. The molecule has 106 valence electrons. The van der Waals surface area contributed by atoms with Crippen LogP contribution in [0.15, 0.2) is 29.2 Å². The number of piperidine rings is 1. The minimum Gasteiger partial charge on any atom is -0.396 e. The number of hydrogen-bond acceptors (Lipinski definition) is 3. The van der Waals surface area contributed by atoms with Crippen molar-refractivity contribution in [2.45, 2.75) is 24.2 Å². The number of aliphatic hydroxyl groups excluding tert-OH is 1. The molecule has 1 aliphatic rings. The lowest BCUT2D eigenvalue weighted by Crippen LogP contribution is -2.40. The van der Waals surface area contributed by atoms with E-state index in [0.717, 1.165) is 12.8 Å². The van der Waals surface area contributed by atoms with Gasteiger partial charge in [0.25, 0.3) is 0 Å². The second-order valence-electron chi connectivity index (χ2n) is 4.81. The van der Waals surface area contributed by atoms with Gasteiger partial charge in [0.05, 0.1) is 5.02 Å². The Labute approximate surface area is 119 Å². The largest absolute Gasteiger partial charge is 0.396 e. The highest BCUT2D eigenvalue weighted by Gasteiger charge is 2.31. The molecule has 1 aliphatic heterocycles. The van der Waals surface area contributed by atoms with Crippen molar-refractivity contribution in [2.24, 2.45) is 5.92 Å². The lowest BCUT2D eigenvalue weighted by Gasteiger charge is -2.31. The molecule has 1 N–H and O–H groups in total. The van der Waals surface area contributed by atoms with Crippen LogP contribution in [0, 0.1) is 5.92 Å². The van der Waals surface area contributed by atoms with Gasteiger partial charge >= 0.3 is 0 Å². The minimum atomic E-state index is -3.52. The van der Waals surface area contributed by atoms with Gasteiger partial charge in [-0.1, -0.05) is 23.7 Å². The van der Waals surface area contributed by atoms with Crippen molar-refractivity contribution in [2.75, 3.05) is 19.7 Å². The second kappa shape index (κ2) is 6.22. The first-order valence-corrected chi connectivity index (χ1v) is 8.23. The van der Waals surface area contributed by atoms with Gasteiger partial charge in [0, 0.05) is 19.7 Å². The standard InChI is InChI=1S/C13H18ClNO3S/c14-12-5-1-2-6-13(12)19(17,18)15-8-3-4-11(10-15)7-9-16/h1-2,5-6,11,16H,3-4,7-10H2. The number of rotatable bonds is 4. The zero-order valence-electron chi connectivity index (χ0n) is 10.6. The van der Waals surface area contributed by atoms with Crippen LogP contribution in [0.2, 0.25) is 5.02 Å². The Kier molecular flexibility index (Phi) is 4.84. The number of sulfonamides is 1. The molecule has 1 aromatic rings. The summed E-state index contributed by atoms with van der Waals surface area (Å²) in [4.78, 5) is 0.168. The quantitative estimate of drug-likeness (QED) is 0.927. The van der Waals surface area contributed by atoms with Crippen molar-refractivity contribution in [3.8, 4) is 0 Å². The Hall–Kier alpha value is -0.620. The number of benzene rings is 1. The Balaban J connectivity index is 2.22. The fraction of sp³-hybridized carbons (Fsp3) is 0.538. The lowest BCUT2D eigenvalue weighted by atomic mass is 9.97. The molecule has 4 nitrogen and oxygen atoms in total. The molecular weight excluding hydrogens is 286 g/mol. The van der Waals surface area contributed by atoms with Crippen LogP contribution in [0.25, 0.3) is 0 Å². The van der Waals surface area contributed by atoms with Crippen LogP contribution in [0.4, 0.5) is 0 Å².